The van der Waals surface area contributed by atoms with Crippen LogP contribution in [0.25, 0.3) is 0 Å². The molecule has 0 fully saturated rings. The summed E-state index contributed by atoms with van der Waals surface area (Å²) in [6.07, 6.45) is 0. The number of aromatic carboxylic acids is 2. The van der Waals surface area contributed by atoms with Gasteiger partial charge >= 0.3 is 11.9 Å². The zero-order chi connectivity index (χ0) is 9.14. The molecule has 0 unspecified atom stereocenters. The summed E-state index contributed by atoms with van der Waals surface area (Å²) in [4.78, 5) is 24.0. The maximum Gasteiger partial charge on any atom is 0.354 e. The first-order valence-electron chi connectivity index (χ1n) is 3.05. The van der Waals surface area contributed by atoms with E-state index in [2.05, 4.69) is 4.98 Å². The first-order chi connectivity index (χ1) is 5.61. The van der Waals surface area contributed by atoms with Gasteiger partial charge in [0.2, 0.25) is 0 Å². The summed E-state index contributed by atoms with van der Waals surface area (Å²) < 4.78 is 0. The number of aromatic nitrogens is 1. The summed E-state index contributed by atoms with van der Waals surface area (Å²) in [5, 5.41) is 16.9. The Morgan fingerprint density at radius 1 is 1.08 bits per heavy atom. The Morgan fingerprint density at radius 2 is 1.46 bits per heavy atom. The molecular formula is C7H5EuNO4. The molecule has 69 valence electrons. The van der Waals surface area contributed by atoms with Crippen molar-refractivity contribution in [3.8, 4) is 0 Å². The van der Waals surface area contributed by atoms with Gasteiger partial charge in [0, 0.05) is 49.4 Å². The molecule has 1 aromatic rings. The van der Waals surface area contributed by atoms with Crippen molar-refractivity contribution in [3.63, 3.8) is 0 Å². The Morgan fingerprint density at radius 3 is 1.77 bits per heavy atom. The third kappa shape index (κ3) is 3.50. The second-order valence-corrected chi connectivity index (χ2v) is 2.02. The maximum absolute atomic E-state index is 10.3. The number of pyridine rings is 1. The van der Waals surface area contributed by atoms with Gasteiger partial charge in [0.1, 0.15) is 11.4 Å². The van der Waals surface area contributed by atoms with Crippen molar-refractivity contribution in [1.82, 2.24) is 4.98 Å². The van der Waals surface area contributed by atoms with Crippen LogP contribution < -0.4 is 0 Å². The molecule has 6 heteroatoms. The SMILES string of the molecule is O=C(O)c1cccc(C(=O)O)n1.[Eu]. The standard InChI is InChI=1S/C7H5NO4.Eu/c9-6(10)4-2-1-3-5(8-4)7(11)12;/h1-3H,(H,9,10)(H,11,12);. The van der Waals surface area contributed by atoms with E-state index < -0.39 is 11.9 Å². The Bertz CT molecular complexity index is 310. The minimum absolute atomic E-state index is 0. The number of carboxylic acid groups (broad SMARTS) is 2. The van der Waals surface area contributed by atoms with Crippen molar-refractivity contribution in [3.05, 3.63) is 29.6 Å². The van der Waals surface area contributed by atoms with E-state index in [1.165, 1.54) is 18.2 Å². The monoisotopic (exact) mass is 320 g/mol. The molecule has 1 rings (SSSR count). The Balaban J connectivity index is 0.00000144. The number of rotatable bonds is 2. The number of carboxylic acids is 2. The van der Waals surface area contributed by atoms with Gasteiger partial charge in [0.05, 0.1) is 0 Å². The second-order valence-electron chi connectivity index (χ2n) is 2.02. The number of hydrogen-bond donors (Lipinski definition) is 2. The van der Waals surface area contributed by atoms with Gasteiger partial charge in [-0.2, -0.15) is 0 Å². The van der Waals surface area contributed by atoms with E-state index >= 15 is 0 Å². The molecule has 0 aromatic carbocycles. The van der Waals surface area contributed by atoms with E-state index in [0.29, 0.717) is 0 Å². The molecule has 0 bridgehead atoms. The molecule has 1 radical (unpaired) electrons. The van der Waals surface area contributed by atoms with Crippen molar-refractivity contribution in [1.29, 1.82) is 0 Å². The van der Waals surface area contributed by atoms with Crippen LogP contribution in [0.1, 0.15) is 21.0 Å². The average Bonchev–Trinajstić information content (AvgIpc) is 2.04. The van der Waals surface area contributed by atoms with E-state index in [4.69, 9.17) is 10.2 Å². The van der Waals surface area contributed by atoms with Crippen molar-refractivity contribution < 1.29 is 69.2 Å². The molecule has 0 saturated heterocycles. The Kier molecular flexibility index (Phi) is 5.28. The van der Waals surface area contributed by atoms with Crippen molar-refractivity contribution in [2.75, 3.05) is 0 Å². The largest absolute Gasteiger partial charge is 0.477 e. The summed E-state index contributed by atoms with van der Waals surface area (Å²) in [5.74, 6) is -2.48. The van der Waals surface area contributed by atoms with Crippen LogP contribution in [0, 0.1) is 49.4 Å². The molecule has 0 aliphatic carbocycles. The van der Waals surface area contributed by atoms with Gasteiger partial charge < -0.3 is 10.2 Å². The quantitative estimate of drug-likeness (QED) is 0.828. The Labute approximate surface area is 114 Å². The minimum Gasteiger partial charge on any atom is -0.477 e. The van der Waals surface area contributed by atoms with Crippen LogP contribution in [0.15, 0.2) is 18.2 Å². The van der Waals surface area contributed by atoms with E-state index in [9.17, 15) is 9.59 Å². The fourth-order valence-corrected chi connectivity index (χ4v) is 0.673. The van der Waals surface area contributed by atoms with Crippen LogP contribution >= 0.6 is 0 Å². The van der Waals surface area contributed by atoms with Crippen LogP contribution in [0.3, 0.4) is 0 Å². The van der Waals surface area contributed by atoms with Crippen molar-refractivity contribution >= 4 is 11.9 Å². The molecule has 0 aliphatic heterocycles. The third-order valence-corrected chi connectivity index (χ3v) is 1.19. The van der Waals surface area contributed by atoms with E-state index in [1.807, 2.05) is 0 Å². The fourth-order valence-electron chi connectivity index (χ4n) is 0.673. The molecule has 0 atom stereocenters. The van der Waals surface area contributed by atoms with Crippen molar-refractivity contribution in [2.24, 2.45) is 0 Å². The van der Waals surface area contributed by atoms with Crippen molar-refractivity contribution in [2.45, 2.75) is 0 Å². The average molecular weight is 319 g/mol. The minimum atomic E-state index is -1.24. The smallest absolute Gasteiger partial charge is 0.354 e. The van der Waals surface area contributed by atoms with Gasteiger partial charge in [0.25, 0.3) is 0 Å². The van der Waals surface area contributed by atoms with Gasteiger partial charge in [-0.1, -0.05) is 6.07 Å². The van der Waals surface area contributed by atoms with Crippen LogP contribution in [-0.4, -0.2) is 27.1 Å². The summed E-state index contributed by atoms with van der Waals surface area (Å²) in [6.45, 7) is 0. The Hall–Kier alpha value is -0.326. The summed E-state index contributed by atoms with van der Waals surface area (Å²) in [7, 11) is 0. The zero-order valence-corrected chi connectivity index (χ0v) is 8.69. The predicted molar refractivity (Wildman–Crippen MR) is 38.2 cm³/mol. The zero-order valence-electron chi connectivity index (χ0n) is 6.27. The molecule has 0 saturated carbocycles. The van der Waals surface area contributed by atoms with Gasteiger partial charge in [-0.25, -0.2) is 14.6 Å². The molecule has 0 amide bonds. The molecule has 1 heterocycles. The fraction of sp³-hybridized carbons (Fsp3) is 0. The van der Waals surface area contributed by atoms with Crippen LogP contribution in [-0.2, 0) is 0 Å². The second kappa shape index (κ2) is 5.41. The van der Waals surface area contributed by atoms with Gasteiger partial charge in [-0.15, -0.1) is 0 Å². The summed E-state index contributed by atoms with van der Waals surface area (Å²) >= 11 is 0. The molecule has 1 aromatic heterocycles. The topological polar surface area (TPSA) is 87.5 Å². The van der Waals surface area contributed by atoms with E-state index in [0.717, 1.165) is 0 Å². The number of nitrogens with zero attached hydrogens (tertiary/aromatic N) is 1. The normalized spacial score (nSPS) is 8.62. The first kappa shape index (κ1) is 12.7. The summed E-state index contributed by atoms with van der Waals surface area (Å²) in [6, 6.07) is 3.80. The van der Waals surface area contributed by atoms with Crippen LogP contribution in [0.5, 0.6) is 0 Å². The molecule has 0 spiro atoms. The van der Waals surface area contributed by atoms with Gasteiger partial charge in [-0.05, 0) is 12.1 Å². The molecule has 5 nitrogen and oxygen atoms in total. The van der Waals surface area contributed by atoms with Gasteiger partial charge in [-0.3, -0.25) is 0 Å². The van der Waals surface area contributed by atoms with E-state index in [1.54, 1.807) is 0 Å². The molecular weight excluding hydrogens is 314 g/mol. The number of hydrogen-bond acceptors (Lipinski definition) is 3. The number of carbonyl (C=O) groups is 2. The maximum atomic E-state index is 10.3. The molecule has 13 heavy (non-hydrogen) atoms. The molecule has 2 N–H and O–H groups in total. The van der Waals surface area contributed by atoms with Crippen LogP contribution in [0.4, 0.5) is 0 Å². The third-order valence-electron chi connectivity index (χ3n) is 1.19. The van der Waals surface area contributed by atoms with E-state index in [-0.39, 0.29) is 60.8 Å². The predicted octanol–water partition coefficient (Wildman–Crippen LogP) is 0.478. The molecule has 0 aliphatic rings. The van der Waals surface area contributed by atoms with Gasteiger partial charge in [0.15, 0.2) is 0 Å². The first-order valence-corrected chi connectivity index (χ1v) is 3.05. The summed E-state index contributed by atoms with van der Waals surface area (Å²) in [5.41, 5.74) is -0.537. The van der Waals surface area contributed by atoms with Crippen LogP contribution in [0.2, 0.25) is 0 Å².